The number of nitrogens with zero attached hydrogens (tertiary/aromatic N) is 1. The number of benzene rings is 1. The van der Waals surface area contributed by atoms with Crippen LogP contribution >= 0.6 is 11.8 Å². The van der Waals surface area contributed by atoms with E-state index in [1.165, 1.54) is 24.6 Å². The minimum absolute atomic E-state index is 0.156. The van der Waals surface area contributed by atoms with E-state index in [-0.39, 0.29) is 5.82 Å². The van der Waals surface area contributed by atoms with Gasteiger partial charge in [0.1, 0.15) is 5.82 Å². The molecule has 0 saturated heterocycles. The summed E-state index contributed by atoms with van der Waals surface area (Å²) in [7, 11) is 0. The lowest BCUT2D eigenvalue weighted by Gasteiger charge is -2.07. The maximum Gasteiger partial charge on any atom is 0.137 e. The van der Waals surface area contributed by atoms with Crippen LogP contribution in [-0.2, 0) is 6.54 Å². The Hall–Kier alpha value is -1.39. The summed E-state index contributed by atoms with van der Waals surface area (Å²) in [6.07, 6.45) is 5.93. The van der Waals surface area contributed by atoms with E-state index < -0.39 is 0 Å². The third-order valence-corrected chi connectivity index (χ3v) is 4.10. The summed E-state index contributed by atoms with van der Waals surface area (Å²) in [6, 6.07) is 9.87. The van der Waals surface area contributed by atoms with E-state index in [1.54, 1.807) is 18.5 Å². The van der Waals surface area contributed by atoms with Gasteiger partial charge in [0.15, 0.2) is 0 Å². The zero-order valence-corrected chi connectivity index (χ0v) is 11.3. The van der Waals surface area contributed by atoms with Gasteiger partial charge >= 0.3 is 0 Å². The van der Waals surface area contributed by atoms with Gasteiger partial charge in [0, 0.05) is 34.8 Å². The third-order valence-electron chi connectivity index (χ3n) is 3.05. The maximum absolute atomic E-state index is 14.0. The number of hydrogen-bond donors (Lipinski definition) is 1. The Kier molecular flexibility index (Phi) is 3.80. The quantitative estimate of drug-likeness (QED) is 0.901. The highest BCUT2D eigenvalue weighted by atomic mass is 32.2. The fraction of sp³-hybridized carbons (Fsp3) is 0.267. The van der Waals surface area contributed by atoms with Crippen LogP contribution in [0.4, 0.5) is 4.39 Å². The molecule has 0 aliphatic heterocycles. The van der Waals surface area contributed by atoms with Crippen molar-refractivity contribution in [2.75, 3.05) is 0 Å². The van der Waals surface area contributed by atoms with Crippen molar-refractivity contribution in [3.05, 3.63) is 54.1 Å². The Balaban J connectivity index is 1.68. The molecule has 1 aromatic heterocycles. The summed E-state index contributed by atoms with van der Waals surface area (Å²) in [4.78, 5) is 5.61. The lowest BCUT2D eigenvalue weighted by molar-refractivity contribution is 0.595. The van der Waals surface area contributed by atoms with Crippen LogP contribution in [0.3, 0.4) is 0 Å². The lowest BCUT2D eigenvalue weighted by Crippen LogP contribution is -2.15. The Bertz CT molecular complexity index is 555. The Labute approximate surface area is 116 Å². The molecule has 0 atom stereocenters. The van der Waals surface area contributed by atoms with Crippen LogP contribution in [0, 0.1) is 5.82 Å². The Morgan fingerprint density at radius 2 is 2.00 bits per heavy atom. The summed E-state index contributed by atoms with van der Waals surface area (Å²) in [5.41, 5.74) is 1.00. The summed E-state index contributed by atoms with van der Waals surface area (Å²) in [5.74, 6) is -0.156. The van der Waals surface area contributed by atoms with Crippen LogP contribution in [-0.4, -0.2) is 11.0 Å². The Morgan fingerprint density at radius 1 is 1.21 bits per heavy atom. The van der Waals surface area contributed by atoms with Gasteiger partial charge in [-0.15, -0.1) is 0 Å². The first-order valence-electron chi connectivity index (χ1n) is 6.41. The largest absolute Gasteiger partial charge is 0.310 e. The topological polar surface area (TPSA) is 24.9 Å². The van der Waals surface area contributed by atoms with Crippen molar-refractivity contribution in [3.8, 4) is 0 Å². The van der Waals surface area contributed by atoms with Crippen LogP contribution in [0.25, 0.3) is 0 Å². The molecule has 19 heavy (non-hydrogen) atoms. The van der Waals surface area contributed by atoms with E-state index in [1.807, 2.05) is 24.3 Å². The van der Waals surface area contributed by atoms with Gasteiger partial charge in [0.05, 0.1) is 0 Å². The van der Waals surface area contributed by atoms with Gasteiger partial charge < -0.3 is 5.32 Å². The second-order valence-electron chi connectivity index (χ2n) is 4.70. The highest BCUT2D eigenvalue weighted by molar-refractivity contribution is 7.99. The number of nitrogens with one attached hydrogen (secondary N) is 1. The number of rotatable bonds is 5. The minimum atomic E-state index is -0.156. The summed E-state index contributed by atoms with van der Waals surface area (Å²) in [6.45, 7) is 0.752. The van der Waals surface area contributed by atoms with Crippen LogP contribution in [0.15, 0.2) is 52.5 Å². The van der Waals surface area contributed by atoms with E-state index in [0.717, 1.165) is 17.0 Å². The zero-order valence-electron chi connectivity index (χ0n) is 10.5. The van der Waals surface area contributed by atoms with Crippen LogP contribution < -0.4 is 5.32 Å². The van der Waals surface area contributed by atoms with Crippen LogP contribution in [0.1, 0.15) is 18.4 Å². The number of halogens is 1. The van der Waals surface area contributed by atoms with Crippen molar-refractivity contribution in [2.24, 2.45) is 0 Å². The van der Waals surface area contributed by atoms with E-state index in [9.17, 15) is 4.39 Å². The van der Waals surface area contributed by atoms with Crippen molar-refractivity contribution in [3.63, 3.8) is 0 Å². The molecule has 1 N–H and O–H groups in total. The van der Waals surface area contributed by atoms with Gasteiger partial charge in [-0.05, 0) is 42.7 Å². The fourth-order valence-corrected chi connectivity index (χ4v) is 2.62. The van der Waals surface area contributed by atoms with Crippen LogP contribution in [0.5, 0.6) is 0 Å². The predicted molar refractivity (Wildman–Crippen MR) is 74.6 cm³/mol. The molecule has 2 nitrogen and oxygen atoms in total. The number of hydrogen-bond acceptors (Lipinski definition) is 3. The lowest BCUT2D eigenvalue weighted by atomic mass is 10.2. The molecular weight excluding hydrogens is 259 g/mol. The summed E-state index contributed by atoms with van der Waals surface area (Å²) >= 11 is 1.42. The van der Waals surface area contributed by atoms with Crippen molar-refractivity contribution in [1.29, 1.82) is 0 Å². The zero-order chi connectivity index (χ0) is 13.1. The fourth-order valence-electron chi connectivity index (χ4n) is 1.82. The van der Waals surface area contributed by atoms with Crippen molar-refractivity contribution >= 4 is 11.8 Å². The second kappa shape index (κ2) is 5.72. The molecule has 1 heterocycles. The van der Waals surface area contributed by atoms with Crippen molar-refractivity contribution in [2.45, 2.75) is 35.2 Å². The molecule has 1 aliphatic carbocycles. The van der Waals surface area contributed by atoms with Gasteiger partial charge in [-0.1, -0.05) is 17.8 Å². The van der Waals surface area contributed by atoms with E-state index >= 15 is 0 Å². The molecular formula is C15H15FN2S. The average Bonchev–Trinajstić information content (AvgIpc) is 3.25. The number of pyridine rings is 1. The molecule has 4 heteroatoms. The first-order valence-corrected chi connectivity index (χ1v) is 7.22. The molecule has 1 fully saturated rings. The molecule has 1 aliphatic rings. The van der Waals surface area contributed by atoms with E-state index in [0.29, 0.717) is 10.9 Å². The molecule has 0 spiro atoms. The molecule has 3 rings (SSSR count). The first kappa shape index (κ1) is 12.6. The Morgan fingerprint density at radius 3 is 2.68 bits per heavy atom. The molecule has 0 radical (unpaired) electrons. The normalized spacial score (nSPS) is 14.6. The third kappa shape index (κ3) is 3.55. The summed E-state index contributed by atoms with van der Waals surface area (Å²) < 4.78 is 14.0. The van der Waals surface area contributed by atoms with Gasteiger partial charge in [-0.3, -0.25) is 4.98 Å². The first-order chi connectivity index (χ1) is 9.31. The molecule has 0 amide bonds. The molecule has 0 bridgehead atoms. The van der Waals surface area contributed by atoms with Gasteiger partial charge in [-0.25, -0.2) is 4.39 Å². The number of aromatic nitrogens is 1. The standard InChI is InChI=1S/C15H15FN2S/c16-14-9-11(10-18-12-2-3-12)1-4-15(14)19-13-5-7-17-8-6-13/h1,4-9,12,18H,2-3,10H2. The van der Waals surface area contributed by atoms with E-state index in [4.69, 9.17) is 0 Å². The monoisotopic (exact) mass is 274 g/mol. The molecule has 1 aromatic carbocycles. The average molecular weight is 274 g/mol. The van der Waals surface area contributed by atoms with Crippen molar-refractivity contribution < 1.29 is 4.39 Å². The molecule has 0 unspecified atom stereocenters. The smallest absolute Gasteiger partial charge is 0.137 e. The summed E-state index contributed by atoms with van der Waals surface area (Å²) in [5, 5.41) is 3.39. The second-order valence-corrected chi connectivity index (χ2v) is 5.82. The SMILES string of the molecule is Fc1cc(CNC2CC2)ccc1Sc1ccncc1. The highest BCUT2D eigenvalue weighted by Crippen LogP contribution is 2.29. The van der Waals surface area contributed by atoms with E-state index in [2.05, 4.69) is 10.3 Å². The molecule has 1 saturated carbocycles. The minimum Gasteiger partial charge on any atom is -0.310 e. The van der Waals surface area contributed by atoms with Gasteiger partial charge in [-0.2, -0.15) is 0 Å². The van der Waals surface area contributed by atoms with Crippen molar-refractivity contribution in [1.82, 2.24) is 10.3 Å². The van der Waals surface area contributed by atoms with Gasteiger partial charge in [0.25, 0.3) is 0 Å². The predicted octanol–water partition coefficient (Wildman–Crippen LogP) is 3.62. The molecule has 98 valence electrons. The van der Waals surface area contributed by atoms with Crippen LogP contribution in [0.2, 0.25) is 0 Å². The van der Waals surface area contributed by atoms with Gasteiger partial charge in [0.2, 0.25) is 0 Å². The maximum atomic E-state index is 14.0. The molecule has 2 aromatic rings. The highest BCUT2D eigenvalue weighted by Gasteiger charge is 2.20.